The van der Waals surface area contributed by atoms with Gasteiger partial charge in [0.25, 0.3) is 0 Å². The maximum Gasteiger partial charge on any atom is 0.250 e. The number of likely N-dealkylation sites (tertiary alicyclic amines) is 1. The van der Waals surface area contributed by atoms with Crippen molar-refractivity contribution in [2.24, 2.45) is 11.7 Å². The van der Waals surface area contributed by atoms with E-state index in [-0.39, 0.29) is 30.5 Å². The van der Waals surface area contributed by atoms with Crippen molar-refractivity contribution >= 4 is 17.6 Å². The number of nitrogens with one attached hydrogen (secondary N) is 1. The molecule has 1 aliphatic rings. The molecule has 1 fully saturated rings. The predicted molar refractivity (Wildman–Crippen MR) is 161 cm³/mol. The molecule has 2 aromatic carbocycles. The van der Waals surface area contributed by atoms with E-state index in [1.807, 2.05) is 35.2 Å². The molecule has 10 heteroatoms. The zero-order valence-corrected chi connectivity index (χ0v) is 25.2. The predicted octanol–water partition coefficient (Wildman–Crippen LogP) is 3.81. The summed E-state index contributed by atoms with van der Waals surface area (Å²) in [6.45, 7) is 6.98. The number of hydrogen-bond donors (Lipinski definition) is 2. The van der Waals surface area contributed by atoms with E-state index in [0.29, 0.717) is 43.3 Å². The zero-order chi connectivity index (χ0) is 31.0. The average molecular weight is 592 g/mol. The highest BCUT2D eigenvalue weighted by Crippen LogP contribution is 2.25. The summed E-state index contributed by atoms with van der Waals surface area (Å²) in [6.07, 6.45) is 5.61. The van der Waals surface area contributed by atoms with Gasteiger partial charge in [0.05, 0.1) is 30.8 Å². The van der Waals surface area contributed by atoms with E-state index in [0.717, 1.165) is 18.4 Å². The van der Waals surface area contributed by atoms with Crippen LogP contribution in [0.4, 0.5) is 4.39 Å². The third-order valence-electron chi connectivity index (χ3n) is 7.77. The van der Waals surface area contributed by atoms with Crippen molar-refractivity contribution in [1.29, 1.82) is 0 Å². The Kier molecular flexibility index (Phi) is 10.8. The smallest absolute Gasteiger partial charge is 0.250 e. The number of rotatable bonds is 13. The van der Waals surface area contributed by atoms with Gasteiger partial charge in [-0.05, 0) is 62.3 Å². The first-order valence-corrected chi connectivity index (χ1v) is 14.8. The number of ketones is 1. The Morgan fingerprint density at radius 2 is 1.77 bits per heavy atom. The molecule has 0 radical (unpaired) electrons. The lowest BCUT2D eigenvalue weighted by atomic mass is 9.97. The first-order chi connectivity index (χ1) is 20.5. The number of imidazole rings is 1. The SMILES string of the molecule is CC1CCN(C(=O)C(c2ccc(F)cc2)n2cnc(CCC(=O)[C@@H](COCc3ccccc3)NC(=O)C(C)(C)N)c2)CC1. The van der Waals surface area contributed by atoms with E-state index < -0.39 is 23.5 Å². The Bertz CT molecular complexity index is 1360. The van der Waals surface area contributed by atoms with Gasteiger partial charge < -0.3 is 25.3 Å². The highest BCUT2D eigenvalue weighted by Gasteiger charge is 2.31. The van der Waals surface area contributed by atoms with E-state index in [9.17, 15) is 18.8 Å². The van der Waals surface area contributed by atoms with Crippen LogP contribution in [0, 0.1) is 11.7 Å². The van der Waals surface area contributed by atoms with Crippen molar-refractivity contribution in [2.75, 3.05) is 19.7 Å². The zero-order valence-electron chi connectivity index (χ0n) is 25.2. The van der Waals surface area contributed by atoms with Gasteiger partial charge in [0.2, 0.25) is 11.8 Å². The van der Waals surface area contributed by atoms with Crippen molar-refractivity contribution in [2.45, 2.75) is 70.7 Å². The number of aromatic nitrogens is 2. The molecule has 0 aliphatic carbocycles. The van der Waals surface area contributed by atoms with Crippen LogP contribution in [-0.4, -0.2) is 63.3 Å². The number of piperidine rings is 1. The number of aryl methyl sites for hydroxylation is 1. The van der Waals surface area contributed by atoms with Gasteiger partial charge in [-0.3, -0.25) is 14.4 Å². The number of nitrogens with zero attached hydrogens (tertiary/aromatic N) is 3. The van der Waals surface area contributed by atoms with Crippen LogP contribution in [0.25, 0.3) is 0 Å². The van der Waals surface area contributed by atoms with Gasteiger partial charge in [-0.15, -0.1) is 0 Å². The van der Waals surface area contributed by atoms with Crippen LogP contribution in [0.5, 0.6) is 0 Å². The van der Waals surface area contributed by atoms with E-state index in [2.05, 4.69) is 17.2 Å². The molecular weight excluding hydrogens is 549 g/mol. The van der Waals surface area contributed by atoms with Gasteiger partial charge >= 0.3 is 0 Å². The summed E-state index contributed by atoms with van der Waals surface area (Å²) in [4.78, 5) is 46.0. The van der Waals surface area contributed by atoms with E-state index in [4.69, 9.17) is 10.5 Å². The topological polar surface area (TPSA) is 120 Å². The molecule has 3 N–H and O–H groups in total. The Balaban J connectivity index is 1.44. The third-order valence-corrected chi connectivity index (χ3v) is 7.77. The maximum absolute atomic E-state index is 13.7. The molecule has 1 aromatic heterocycles. The number of hydrogen-bond acceptors (Lipinski definition) is 6. The summed E-state index contributed by atoms with van der Waals surface area (Å²) in [6, 6.07) is 13.9. The minimum absolute atomic E-state index is 0.000414. The van der Waals surface area contributed by atoms with Gasteiger partial charge in [-0.2, -0.15) is 0 Å². The quantitative estimate of drug-likeness (QED) is 0.312. The monoisotopic (exact) mass is 591 g/mol. The maximum atomic E-state index is 13.7. The molecule has 1 saturated heterocycles. The summed E-state index contributed by atoms with van der Waals surface area (Å²) in [5, 5.41) is 2.74. The lowest BCUT2D eigenvalue weighted by Crippen LogP contribution is -2.55. The lowest BCUT2D eigenvalue weighted by molar-refractivity contribution is -0.135. The summed E-state index contributed by atoms with van der Waals surface area (Å²) in [7, 11) is 0. The van der Waals surface area contributed by atoms with Gasteiger partial charge in [0.15, 0.2) is 5.78 Å². The van der Waals surface area contributed by atoms with Crippen LogP contribution in [-0.2, 0) is 32.1 Å². The summed E-state index contributed by atoms with van der Waals surface area (Å²) < 4.78 is 21.2. The second-order valence-electron chi connectivity index (χ2n) is 12.0. The highest BCUT2D eigenvalue weighted by molar-refractivity contribution is 5.92. The Morgan fingerprint density at radius 1 is 1.09 bits per heavy atom. The fourth-order valence-corrected chi connectivity index (χ4v) is 4.99. The molecule has 230 valence electrons. The Hall–Kier alpha value is -3.89. The normalized spacial score (nSPS) is 15.6. The molecule has 2 amide bonds. The minimum atomic E-state index is -1.16. The second kappa shape index (κ2) is 14.5. The summed E-state index contributed by atoms with van der Waals surface area (Å²) in [5.74, 6) is -0.542. The summed E-state index contributed by atoms with van der Waals surface area (Å²) >= 11 is 0. The first kappa shape index (κ1) is 32.0. The number of ether oxygens (including phenoxy) is 1. The van der Waals surface area contributed by atoms with Crippen LogP contribution in [0.1, 0.15) is 62.9 Å². The largest absolute Gasteiger partial charge is 0.374 e. The second-order valence-corrected chi connectivity index (χ2v) is 12.0. The molecule has 9 nitrogen and oxygen atoms in total. The van der Waals surface area contributed by atoms with Crippen molar-refractivity contribution < 1.29 is 23.5 Å². The molecule has 4 rings (SSSR count). The van der Waals surface area contributed by atoms with Crippen molar-refractivity contribution in [1.82, 2.24) is 19.8 Å². The molecular formula is C33H42FN5O4. The van der Waals surface area contributed by atoms with Gasteiger partial charge in [-0.25, -0.2) is 9.37 Å². The molecule has 2 heterocycles. The minimum Gasteiger partial charge on any atom is -0.374 e. The number of amides is 2. The molecule has 1 aliphatic heterocycles. The Morgan fingerprint density at radius 3 is 2.42 bits per heavy atom. The number of Topliss-reactive ketones (excluding diaryl/α,β-unsaturated/α-hetero) is 1. The van der Waals surface area contributed by atoms with Crippen molar-refractivity contribution in [3.05, 3.63) is 89.8 Å². The molecule has 43 heavy (non-hydrogen) atoms. The van der Waals surface area contributed by atoms with Crippen LogP contribution in [0.3, 0.4) is 0 Å². The number of carbonyl (C=O) groups excluding carboxylic acids is 3. The van der Waals surface area contributed by atoms with Crippen LogP contribution in [0.15, 0.2) is 67.1 Å². The molecule has 0 bridgehead atoms. The number of nitrogens with two attached hydrogens (primary N) is 1. The molecule has 0 saturated carbocycles. The number of carbonyl (C=O) groups is 3. The molecule has 1 unspecified atom stereocenters. The standard InChI is InChI=1S/C33H42FN5O4/c1-23-15-17-38(18-16-23)31(41)30(25-9-11-26(34)12-10-25)39-19-27(36-22-39)13-14-29(40)28(37-32(42)33(2,3)35)21-43-20-24-7-5-4-6-8-24/h4-12,19,22-23,28,30H,13-18,20-21,35H2,1-3H3,(H,37,42)/t28-,30?/m1/s1. The van der Waals surface area contributed by atoms with Crippen molar-refractivity contribution in [3.8, 4) is 0 Å². The highest BCUT2D eigenvalue weighted by atomic mass is 19.1. The van der Waals surface area contributed by atoms with E-state index in [1.54, 1.807) is 43.1 Å². The fraction of sp³-hybridized carbons (Fsp3) is 0.455. The number of halogens is 1. The van der Waals surface area contributed by atoms with E-state index >= 15 is 0 Å². The van der Waals surface area contributed by atoms with Crippen LogP contribution in [0.2, 0.25) is 0 Å². The van der Waals surface area contributed by atoms with Gasteiger partial charge in [0.1, 0.15) is 17.9 Å². The van der Waals surface area contributed by atoms with Crippen LogP contribution < -0.4 is 11.1 Å². The van der Waals surface area contributed by atoms with Gasteiger partial charge in [0, 0.05) is 25.7 Å². The van der Waals surface area contributed by atoms with Crippen molar-refractivity contribution in [3.63, 3.8) is 0 Å². The average Bonchev–Trinajstić information content (AvgIpc) is 3.45. The molecule has 2 atom stereocenters. The first-order valence-electron chi connectivity index (χ1n) is 14.8. The fourth-order valence-electron chi connectivity index (χ4n) is 4.99. The number of benzene rings is 2. The van der Waals surface area contributed by atoms with Crippen LogP contribution >= 0.6 is 0 Å². The lowest BCUT2D eigenvalue weighted by Gasteiger charge is -2.33. The molecule has 3 aromatic rings. The van der Waals surface area contributed by atoms with Gasteiger partial charge in [-0.1, -0.05) is 49.4 Å². The summed E-state index contributed by atoms with van der Waals surface area (Å²) in [5.41, 5.74) is 7.03. The molecule has 0 spiro atoms. The third kappa shape index (κ3) is 9.05. The Labute approximate surface area is 252 Å². The van der Waals surface area contributed by atoms with E-state index in [1.165, 1.54) is 12.1 Å².